The van der Waals surface area contributed by atoms with E-state index in [0.29, 0.717) is 23.0 Å². The zero-order valence-electron chi connectivity index (χ0n) is 13.8. The minimum absolute atomic E-state index is 0.278. The molecule has 0 aliphatic rings. The number of anilines is 1. The van der Waals surface area contributed by atoms with E-state index in [1.807, 2.05) is 31.2 Å². The smallest absolute Gasteiger partial charge is 0.259 e. The average molecular weight is 366 g/mol. The summed E-state index contributed by atoms with van der Waals surface area (Å²) in [6.07, 6.45) is 1.44. The van der Waals surface area contributed by atoms with Crippen LogP contribution in [0.3, 0.4) is 0 Å². The van der Waals surface area contributed by atoms with Crippen LogP contribution in [0.2, 0.25) is 0 Å². The summed E-state index contributed by atoms with van der Waals surface area (Å²) in [5.74, 6) is 0.505. The lowest BCUT2D eigenvalue weighted by atomic mass is 10.1. The van der Waals surface area contributed by atoms with Crippen molar-refractivity contribution in [2.45, 2.75) is 6.92 Å². The number of fused-ring (bicyclic) bond motifs is 1. The highest BCUT2D eigenvalue weighted by molar-refractivity contribution is 7.22. The molecule has 2 heterocycles. The van der Waals surface area contributed by atoms with E-state index in [1.165, 1.54) is 22.3 Å². The summed E-state index contributed by atoms with van der Waals surface area (Å²) in [7, 11) is 0. The predicted octanol–water partition coefficient (Wildman–Crippen LogP) is 2.92. The molecule has 130 valence electrons. The van der Waals surface area contributed by atoms with Crippen molar-refractivity contribution >= 4 is 32.6 Å². The second kappa shape index (κ2) is 6.89. The van der Waals surface area contributed by atoms with Gasteiger partial charge in [0.25, 0.3) is 5.91 Å². The van der Waals surface area contributed by atoms with Crippen LogP contribution < -0.4 is 10.1 Å². The topological polar surface area (TPSA) is 94.8 Å². The number of thiazole rings is 1. The van der Waals surface area contributed by atoms with Crippen molar-refractivity contribution in [3.05, 3.63) is 54.4 Å². The molecule has 0 aliphatic carbocycles. The minimum Gasteiger partial charge on any atom is -0.494 e. The van der Waals surface area contributed by atoms with Crippen molar-refractivity contribution in [1.82, 2.24) is 25.2 Å². The van der Waals surface area contributed by atoms with Crippen LogP contribution in [0.15, 0.2) is 48.8 Å². The summed E-state index contributed by atoms with van der Waals surface area (Å²) in [6, 6.07) is 12.8. The molecular formula is C17H14N6O2S. The molecule has 0 atom stereocenters. The molecule has 0 saturated carbocycles. The molecule has 4 rings (SSSR count). The molecule has 0 unspecified atom stereocenters. The number of hydrogen-bond acceptors (Lipinski definition) is 7. The molecule has 9 heteroatoms. The molecule has 1 N–H and O–H groups in total. The van der Waals surface area contributed by atoms with E-state index in [9.17, 15) is 4.79 Å². The summed E-state index contributed by atoms with van der Waals surface area (Å²) in [5.41, 5.74) is 1.85. The lowest BCUT2D eigenvalue weighted by molar-refractivity contribution is 0.102. The van der Waals surface area contributed by atoms with Crippen LogP contribution in [0.5, 0.6) is 5.75 Å². The van der Waals surface area contributed by atoms with Crippen molar-refractivity contribution in [2.24, 2.45) is 0 Å². The van der Waals surface area contributed by atoms with Crippen LogP contribution in [0.25, 0.3) is 15.9 Å². The number of rotatable bonds is 5. The Morgan fingerprint density at radius 3 is 2.96 bits per heavy atom. The normalized spacial score (nSPS) is 10.8. The van der Waals surface area contributed by atoms with E-state index in [0.717, 1.165) is 16.0 Å². The van der Waals surface area contributed by atoms with Crippen LogP contribution >= 0.6 is 11.3 Å². The van der Waals surface area contributed by atoms with Crippen molar-refractivity contribution in [3.63, 3.8) is 0 Å². The monoisotopic (exact) mass is 366 g/mol. The molecule has 0 fully saturated rings. The average Bonchev–Trinajstić information content (AvgIpc) is 3.31. The summed E-state index contributed by atoms with van der Waals surface area (Å²) in [5, 5.41) is 14.4. The standard InChI is InChI=1S/C17H14N6O2S/c1-2-25-11-7-8-13-15(9-11)26-17(19-13)20-16(24)12-5-3-4-6-14(12)23-10-18-21-22-23/h3-10H,2H2,1H3,(H,19,20,24). The Labute approximate surface area is 152 Å². The maximum absolute atomic E-state index is 12.7. The number of amides is 1. The van der Waals surface area contributed by atoms with Gasteiger partial charge in [0.05, 0.1) is 28.1 Å². The van der Waals surface area contributed by atoms with Gasteiger partial charge in [0.1, 0.15) is 12.1 Å². The highest BCUT2D eigenvalue weighted by Gasteiger charge is 2.15. The van der Waals surface area contributed by atoms with E-state index < -0.39 is 0 Å². The van der Waals surface area contributed by atoms with Gasteiger partial charge in [-0.3, -0.25) is 10.1 Å². The second-order valence-electron chi connectivity index (χ2n) is 5.31. The van der Waals surface area contributed by atoms with Crippen LogP contribution in [0.4, 0.5) is 5.13 Å². The van der Waals surface area contributed by atoms with Crippen LogP contribution in [-0.2, 0) is 0 Å². The van der Waals surface area contributed by atoms with Gasteiger partial charge in [-0.1, -0.05) is 23.5 Å². The predicted molar refractivity (Wildman–Crippen MR) is 97.9 cm³/mol. The van der Waals surface area contributed by atoms with Crippen molar-refractivity contribution in [2.75, 3.05) is 11.9 Å². The van der Waals surface area contributed by atoms with Crippen LogP contribution in [-0.4, -0.2) is 37.7 Å². The SMILES string of the molecule is CCOc1ccc2nc(NC(=O)c3ccccc3-n3cnnn3)sc2c1. The third kappa shape index (κ3) is 3.11. The Hall–Kier alpha value is -3.33. The molecule has 2 aromatic heterocycles. The molecule has 0 saturated heterocycles. The number of nitrogens with zero attached hydrogens (tertiary/aromatic N) is 5. The molecule has 0 radical (unpaired) electrons. The number of tetrazole rings is 1. The van der Waals surface area contributed by atoms with Crippen molar-refractivity contribution < 1.29 is 9.53 Å². The van der Waals surface area contributed by atoms with Gasteiger partial charge in [-0.2, -0.15) is 4.68 Å². The number of nitrogens with one attached hydrogen (secondary N) is 1. The van der Waals surface area contributed by atoms with Crippen molar-refractivity contribution in [1.29, 1.82) is 0 Å². The number of ether oxygens (including phenoxy) is 1. The largest absolute Gasteiger partial charge is 0.494 e. The first kappa shape index (κ1) is 16.2. The number of benzene rings is 2. The summed E-state index contributed by atoms with van der Waals surface area (Å²) in [6.45, 7) is 2.53. The van der Waals surface area contributed by atoms with E-state index >= 15 is 0 Å². The number of para-hydroxylation sites is 1. The minimum atomic E-state index is -0.278. The Kier molecular flexibility index (Phi) is 4.28. The molecule has 26 heavy (non-hydrogen) atoms. The van der Waals surface area contributed by atoms with Gasteiger partial charge in [-0.25, -0.2) is 4.98 Å². The fraction of sp³-hybridized carbons (Fsp3) is 0.118. The van der Waals surface area contributed by atoms with E-state index in [4.69, 9.17) is 4.74 Å². The zero-order chi connectivity index (χ0) is 17.9. The van der Waals surface area contributed by atoms with E-state index in [1.54, 1.807) is 18.2 Å². The second-order valence-corrected chi connectivity index (χ2v) is 6.34. The van der Waals surface area contributed by atoms with Crippen LogP contribution in [0.1, 0.15) is 17.3 Å². The first-order chi connectivity index (χ1) is 12.7. The molecule has 4 aromatic rings. The highest BCUT2D eigenvalue weighted by atomic mass is 32.1. The Morgan fingerprint density at radius 2 is 2.15 bits per heavy atom. The number of carbonyl (C=O) groups excluding carboxylic acids is 1. The first-order valence-corrected chi connectivity index (χ1v) is 8.73. The zero-order valence-corrected chi connectivity index (χ0v) is 14.6. The Bertz CT molecular complexity index is 1060. The molecular weight excluding hydrogens is 352 g/mol. The van der Waals surface area contributed by atoms with Crippen molar-refractivity contribution in [3.8, 4) is 11.4 Å². The third-order valence-electron chi connectivity index (χ3n) is 3.64. The maximum Gasteiger partial charge on any atom is 0.259 e. The number of carbonyl (C=O) groups is 1. The molecule has 0 spiro atoms. The van der Waals surface area contributed by atoms with Gasteiger partial charge in [-0.05, 0) is 47.7 Å². The molecule has 2 aromatic carbocycles. The summed E-state index contributed by atoms with van der Waals surface area (Å²) >= 11 is 1.39. The highest BCUT2D eigenvalue weighted by Crippen LogP contribution is 2.29. The molecule has 0 aliphatic heterocycles. The molecule has 1 amide bonds. The van der Waals surface area contributed by atoms with Gasteiger partial charge in [0, 0.05) is 0 Å². The van der Waals surface area contributed by atoms with Gasteiger partial charge in [-0.15, -0.1) is 5.10 Å². The lowest BCUT2D eigenvalue weighted by Crippen LogP contribution is -2.15. The van der Waals surface area contributed by atoms with Gasteiger partial charge < -0.3 is 4.74 Å². The van der Waals surface area contributed by atoms with E-state index in [2.05, 4.69) is 25.8 Å². The third-order valence-corrected chi connectivity index (χ3v) is 4.57. The van der Waals surface area contributed by atoms with Gasteiger partial charge in [0.2, 0.25) is 0 Å². The van der Waals surface area contributed by atoms with E-state index in [-0.39, 0.29) is 5.91 Å². The van der Waals surface area contributed by atoms with Gasteiger partial charge in [0.15, 0.2) is 5.13 Å². The molecule has 8 nitrogen and oxygen atoms in total. The fourth-order valence-electron chi connectivity index (χ4n) is 2.52. The van der Waals surface area contributed by atoms with Crippen LogP contribution in [0, 0.1) is 0 Å². The first-order valence-electron chi connectivity index (χ1n) is 7.91. The quantitative estimate of drug-likeness (QED) is 0.583. The Balaban J connectivity index is 1.62. The van der Waals surface area contributed by atoms with Gasteiger partial charge >= 0.3 is 0 Å². The molecule has 0 bridgehead atoms. The fourth-order valence-corrected chi connectivity index (χ4v) is 3.41. The maximum atomic E-state index is 12.7. The summed E-state index contributed by atoms with van der Waals surface area (Å²) in [4.78, 5) is 17.2. The lowest BCUT2D eigenvalue weighted by Gasteiger charge is -2.07. The number of aromatic nitrogens is 5. The summed E-state index contributed by atoms with van der Waals surface area (Å²) < 4.78 is 7.89. The number of hydrogen-bond donors (Lipinski definition) is 1. The Morgan fingerprint density at radius 1 is 1.27 bits per heavy atom.